The van der Waals surface area contributed by atoms with Gasteiger partial charge in [0.1, 0.15) is 5.75 Å². The van der Waals surface area contributed by atoms with Gasteiger partial charge in [-0.05, 0) is 6.07 Å². The standard InChI is InChI=1S/C15H21N3O2/c1-11(2)16-9-8-14-17-18-15(20-14)10-12-6-4-5-7-13(12)19-3/h4-7,11,16H,8-10H2,1-3H3. The Morgan fingerprint density at radius 2 is 1.95 bits per heavy atom. The molecule has 5 nitrogen and oxygen atoms in total. The number of benzene rings is 1. The molecule has 0 amide bonds. The first-order valence-corrected chi connectivity index (χ1v) is 6.85. The molecule has 0 radical (unpaired) electrons. The molecule has 0 saturated carbocycles. The van der Waals surface area contributed by atoms with E-state index in [0.717, 1.165) is 24.3 Å². The average Bonchev–Trinajstić information content (AvgIpc) is 2.86. The van der Waals surface area contributed by atoms with Crippen LogP contribution >= 0.6 is 0 Å². The van der Waals surface area contributed by atoms with Crippen molar-refractivity contribution in [2.24, 2.45) is 0 Å². The van der Waals surface area contributed by atoms with Crippen LogP contribution in [-0.2, 0) is 12.8 Å². The van der Waals surface area contributed by atoms with Crippen LogP contribution in [0.1, 0.15) is 31.2 Å². The normalized spacial score (nSPS) is 11.0. The van der Waals surface area contributed by atoms with Gasteiger partial charge in [-0.1, -0.05) is 32.0 Å². The van der Waals surface area contributed by atoms with Gasteiger partial charge in [0.15, 0.2) is 0 Å². The Labute approximate surface area is 119 Å². The zero-order chi connectivity index (χ0) is 14.4. The number of hydrogen-bond acceptors (Lipinski definition) is 5. The second kappa shape index (κ2) is 7.05. The first-order valence-electron chi connectivity index (χ1n) is 6.85. The number of ether oxygens (including phenoxy) is 1. The lowest BCUT2D eigenvalue weighted by Gasteiger charge is -2.05. The van der Waals surface area contributed by atoms with E-state index in [-0.39, 0.29) is 0 Å². The second-order valence-electron chi connectivity index (χ2n) is 4.94. The van der Waals surface area contributed by atoms with Crippen molar-refractivity contribution in [3.8, 4) is 5.75 Å². The fourth-order valence-electron chi connectivity index (χ4n) is 1.94. The molecule has 0 aliphatic heterocycles. The number of para-hydroxylation sites is 1. The van der Waals surface area contributed by atoms with Gasteiger partial charge in [-0.3, -0.25) is 0 Å². The van der Waals surface area contributed by atoms with Gasteiger partial charge in [0.25, 0.3) is 0 Å². The topological polar surface area (TPSA) is 60.2 Å². The van der Waals surface area contributed by atoms with Gasteiger partial charge in [0, 0.05) is 24.6 Å². The molecule has 0 aliphatic carbocycles. The summed E-state index contributed by atoms with van der Waals surface area (Å²) in [7, 11) is 1.66. The van der Waals surface area contributed by atoms with Crippen LogP contribution in [0.25, 0.3) is 0 Å². The van der Waals surface area contributed by atoms with E-state index in [4.69, 9.17) is 9.15 Å². The van der Waals surface area contributed by atoms with Crippen LogP contribution in [0.4, 0.5) is 0 Å². The van der Waals surface area contributed by atoms with E-state index >= 15 is 0 Å². The van der Waals surface area contributed by atoms with Crippen molar-refractivity contribution < 1.29 is 9.15 Å². The largest absolute Gasteiger partial charge is 0.496 e. The molecule has 5 heteroatoms. The number of aromatic nitrogens is 2. The quantitative estimate of drug-likeness (QED) is 0.839. The summed E-state index contributed by atoms with van der Waals surface area (Å²) in [5, 5.41) is 11.5. The highest BCUT2D eigenvalue weighted by molar-refractivity contribution is 5.34. The lowest BCUT2D eigenvalue weighted by molar-refractivity contribution is 0.405. The minimum Gasteiger partial charge on any atom is -0.496 e. The average molecular weight is 275 g/mol. The lowest BCUT2D eigenvalue weighted by Crippen LogP contribution is -2.25. The molecule has 0 bridgehead atoms. The highest BCUT2D eigenvalue weighted by atomic mass is 16.5. The molecule has 1 N–H and O–H groups in total. The number of hydrogen-bond donors (Lipinski definition) is 1. The van der Waals surface area contributed by atoms with Crippen molar-refractivity contribution in [1.82, 2.24) is 15.5 Å². The summed E-state index contributed by atoms with van der Waals surface area (Å²) in [6, 6.07) is 8.31. The Balaban J connectivity index is 1.95. The Kier molecular flexibility index (Phi) is 5.12. The predicted molar refractivity (Wildman–Crippen MR) is 76.9 cm³/mol. The molecule has 1 heterocycles. The molecule has 108 valence electrons. The molecule has 0 unspecified atom stereocenters. The van der Waals surface area contributed by atoms with Crippen LogP contribution in [0.15, 0.2) is 28.7 Å². The third-order valence-electron chi connectivity index (χ3n) is 2.93. The molecule has 0 atom stereocenters. The van der Waals surface area contributed by atoms with Crippen LogP contribution < -0.4 is 10.1 Å². The van der Waals surface area contributed by atoms with Gasteiger partial charge >= 0.3 is 0 Å². The van der Waals surface area contributed by atoms with Crippen molar-refractivity contribution in [2.75, 3.05) is 13.7 Å². The Morgan fingerprint density at radius 3 is 2.70 bits per heavy atom. The highest BCUT2D eigenvalue weighted by Gasteiger charge is 2.10. The van der Waals surface area contributed by atoms with Crippen molar-refractivity contribution in [3.05, 3.63) is 41.6 Å². The van der Waals surface area contributed by atoms with Crippen LogP contribution in [0, 0.1) is 0 Å². The fourth-order valence-corrected chi connectivity index (χ4v) is 1.94. The lowest BCUT2D eigenvalue weighted by atomic mass is 10.1. The SMILES string of the molecule is COc1ccccc1Cc1nnc(CCNC(C)C)o1. The predicted octanol–water partition coefficient (Wildman–Crippen LogP) is 2.21. The van der Waals surface area contributed by atoms with Crippen LogP contribution in [0.3, 0.4) is 0 Å². The minimum atomic E-state index is 0.464. The molecule has 0 spiro atoms. The Bertz CT molecular complexity index is 537. The molecule has 2 rings (SSSR count). The molecule has 0 aliphatic rings. The fraction of sp³-hybridized carbons (Fsp3) is 0.467. The van der Waals surface area contributed by atoms with Crippen molar-refractivity contribution >= 4 is 0 Å². The third kappa shape index (κ3) is 4.06. The zero-order valence-electron chi connectivity index (χ0n) is 12.2. The Hall–Kier alpha value is -1.88. The van der Waals surface area contributed by atoms with Crippen molar-refractivity contribution in [1.29, 1.82) is 0 Å². The molecule has 0 saturated heterocycles. The summed E-state index contributed by atoms with van der Waals surface area (Å²) in [4.78, 5) is 0. The van der Waals surface area contributed by atoms with E-state index in [1.807, 2.05) is 24.3 Å². The van der Waals surface area contributed by atoms with Crippen LogP contribution in [-0.4, -0.2) is 29.9 Å². The van der Waals surface area contributed by atoms with E-state index in [1.165, 1.54) is 0 Å². The van der Waals surface area contributed by atoms with Gasteiger partial charge in [-0.25, -0.2) is 0 Å². The third-order valence-corrected chi connectivity index (χ3v) is 2.93. The number of nitrogens with one attached hydrogen (secondary N) is 1. The minimum absolute atomic E-state index is 0.464. The maximum Gasteiger partial charge on any atom is 0.221 e. The smallest absolute Gasteiger partial charge is 0.221 e. The monoisotopic (exact) mass is 275 g/mol. The van der Waals surface area contributed by atoms with E-state index in [1.54, 1.807) is 7.11 Å². The van der Waals surface area contributed by atoms with Crippen molar-refractivity contribution in [2.45, 2.75) is 32.7 Å². The van der Waals surface area contributed by atoms with Crippen LogP contribution in [0.2, 0.25) is 0 Å². The second-order valence-corrected chi connectivity index (χ2v) is 4.94. The molecule has 20 heavy (non-hydrogen) atoms. The Morgan fingerprint density at radius 1 is 1.20 bits per heavy atom. The maximum absolute atomic E-state index is 5.65. The number of rotatable bonds is 7. The number of methoxy groups -OCH3 is 1. The summed E-state index contributed by atoms with van der Waals surface area (Å²) in [5.41, 5.74) is 1.05. The van der Waals surface area contributed by atoms with E-state index in [9.17, 15) is 0 Å². The highest BCUT2D eigenvalue weighted by Crippen LogP contribution is 2.20. The summed E-state index contributed by atoms with van der Waals surface area (Å²) >= 11 is 0. The van der Waals surface area contributed by atoms with Gasteiger partial charge in [-0.2, -0.15) is 0 Å². The van der Waals surface area contributed by atoms with Gasteiger partial charge in [-0.15, -0.1) is 10.2 Å². The van der Waals surface area contributed by atoms with E-state index in [2.05, 4.69) is 29.4 Å². The summed E-state index contributed by atoms with van der Waals surface area (Å²) in [5.74, 6) is 2.13. The van der Waals surface area contributed by atoms with E-state index in [0.29, 0.717) is 24.2 Å². The van der Waals surface area contributed by atoms with Gasteiger partial charge in [0.05, 0.1) is 13.5 Å². The number of nitrogens with zero attached hydrogens (tertiary/aromatic N) is 2. The molecular formula is C15H21N3O2. The van der Waals surface area contributed by atoms with Crippen molar-refractivity contribution in [3.63, 3.8) is 0 Å². The van der Waals surface area contributed by atoms with Gasteiger partial charge in [0.2, 0.25) is 11.8 Å². The van der Waals surface area contributed by atoms with Gasteiger partial charge < -0.3 is 14.5 Å². The molecule has 0 fully saturated rings. The first kappa shape index (κ1) is 14.5. The zero-order valence-corrected chi connectivity index (χ0v) is 12.2. The first-order chi connectivity index (χ1) is 9.69. The maximum atomic E-state index is 5.65. The molecule has 2 aromatic rings. The summed E-state index contributed by atoms with van der Waals surface area (Å²) in [6.07, 6.45) is 1.34. The molecule has 1 aromatic carbocycles. The summed E-state index contributed by atoms with van der Waals surface area (Å²) in [6.45, 7) is 5.07. The summed E-state index contributed by atoms with van der Waals surface area (Å²) < 4.78 is 11.0. The molecular weight excluding hydrogens is 254 g/mol. The van der Waals surface area contributed by atoms with E-state index < -0.39 is 0 Å². The molecule has 1 aromatic heterocycles. The van der Waals surface area contributed by atoms with Crippen LogP contribution in [0.5, 0.6) is 5.75 Å².